The summed E-state index contributed by atoms with van der Waals surface area (Å²) in [6, 6.07) is 7.99. The maximum Gasteiger partial charge on any atom is 0.251 e. The number of rotatable bonds is 9. The van der Waals surface area contributed by atoms with Gasteiger partial charge in [-0.15, -0.1) is 11.6 Å². The Morgan fingerprint density at radius 2 is 1.86 bits per heavy atom. The number of carbonyl (C=O) groups is 2. The molecule has 0 unspecified atom stereocenters. The highest BCUT2D eigenvalue weighted by molar-refractivity contribution is 6.27. The second-order valence-electron chi connectivity index (χ2n) is 4.80. The molecule has 0 aromatic heterocycles. The summed E-state index contributed by atoms with van der Waals surface area (Å²) in [7, 11) is 0. The van der Waals surface area contributed by atoms with E-state index in [0.717, 1.165) is 6.42 Å². The number of primary amides is 1. The molecule has 0 radical (unpaired) electrons. The minimum absolute atomic E-state index is 0.205. The summed E-state index contributed by atoms with van der Waals surface area (Å²) in [5.41, 5.74) is 11.3. The normalized spacial score (nSPS) is 12.7. The van der Waals surface area contributed by atoms with Crippen molar-refractivity contribution in [1.82, 2.24) is 5.32 Å². The Bertz CT molecular complexity index is 520. The van der Waals surface area contributed by atoms with Gasteiger partial charge < -0.3 is 16.8 Å². The molecule has 0 heterocycles. The number of nitrogens with zero attached hydrogens (tertiary/aromatic N) is 1. The van der Waals surface area contributed by atoms with Gasteiger partial charge in [0.05, 0.1) is 5.88 Å². The number of amidine groups is 1. The molecule has 120 valence electrons. The molecule has 7 heteroatoms. The van der Waals surface area contributed by atoms with Gasteiger partial charge in [-0.1, -0.05) is 18.2 Å². The monoisotopic (exact) mass is 324 g/mol. The van der Waals surface area contributed by atoms with Crippen molar-refractivity contribution in [2.45, 2.75) is 25.3 Å². The van der Waals surface area contributed by atoms with Crippen LogP contribution in [-0.2, 0) is 4.79 Å². The molecule has 2 amide bonds. The minimum Gasteiger partial charge on any atom is -0.386 e. The summed E-state index contributed by atoms with van der Waals surface area (Å²) in [6.45, 7) is 0.538. The number of alkyl halides is 1. The molecule has 0 fully saturated rings. The number of unbranched alkanes of at least 4 members (excludes halogenated alkanes) is 1. The molecule has 1 aromatic rings. The fourth-order valence-electron chi connectivity index (χ4n) is 1.84. The molecule has 0 aliphatic rings. The largest absolute Gasteiger partial charge is 0.386 e. The van der Waals surface area contributed by atoms with Crippen molar-refractivity contribution < 1.29 is 9.59 Å². The molecule has 1 rings (SSSR count). The van der Waals surface area contributed by atoms with Gasteiger partial charge in [0, 0.05) is 12.1 Å². The first kappa shape index (κ1) is 18.0. The highest BCUT2D eigenvalue weighted by Gasteiger charge is 2.18. The Hall–Kier alpha value is -2.08. The van der Waals surface area contributed by atoms with Crippen LogP contribution in [0.2, 0.25) is 0 Å². The molecular formula is C15H21ClN4O2. The number of amides is 2. The van der Waals surface area contributed by atoms with Crippen LogP contribution in [0.15, 0.2) is 35.3 Å². The SMILES string of the molecule is NC(=O)[C@H](CCCCN=C(N)CCl)NC(=O)c1ccccc1. The Kier molecular flexibility index (Phi) is 7.99. The number of nitrogens with two attached hydrogens (primary N) is 2. The van der Waals surface area contributed by atoms with Crippen LogP contribution in [0.5, 0.6) is 0 Å². The van der Waals surface area contributed by atoms with Gasteiger partial charge in [0.2, 0.25) is 5.91 Å². The van der Waals surface area contributed by atoms with Crippen LogP contribution in [0.4, 0.5) is 0 Å². The maximum absolute atomic E-state index is 12.0. The first-order valence-electron chi connectivity index (χ1n) is 7.04. The van der Waals surface area contributed by atoms with E-state index >= 15 is 0 Å². The Balaban J connectivity index is 2.43. The fourth-order valence-corrected chi connectivity index (χ4v) is 1.93. The van der Waals surface area contributed by atoms with Crippen molar-refractivity contribution in [3.05, 3.63) is 35.9 Å². The predicted octanol–water partition coefficient (Wildman–Crippen LogP) is 1.04. The summed E-state index contributed by atoms with van der Waals surface area (Å²) in [6.07, 6.45) is 1.90. The van der Waals surface area contributed by atoms with Crippen molar-refractivity contribution in [3.63, 3.8) is 0 Å². The van der Waals surface area contributed by atoms with Gasteiger partial charge in [-0.3, -0.25) is 14.6 Å². The van der Waals surface area contributed by atoms with E-state index in [4.69, 9.17) is 23.1 Å². The second-order valence-corrected chi connectivity index (χ2v) is 5.06. The van der Waals surface area contributed by atoms with Crippen molar-refractivity contribution in [1.29, 1.82) is 0 Å². The molecule has 0 spiro atoms. The van der Waals surface area contributed by atoms with E-state index in [1.807, 2.05) is 6.07 Å². The van der Waals surface area contributed by atoms with Crippen LogP contribution >= 0.6 is 11.6 Å². The molecule has 0 aliphatic carbocycles. The second kappa shape index (κ2) is 9.78. The number of hydrogen-bond acceptors (Lipinski definition) is 3. The van der Waals surface area contributed by atoms with Crippen LogP contribution in [0.3, 0.4) is 0 Å². The molecule has 0 saturated carbocycles. The standard InChI is InChI=1S/C15H21ClN4O2/c16-10-13(17)19-9-5-4-8-12(14(18)21)20-15(22)11-6-2-1-3-7-11/h1-3,6-7,12H,4-5,8-10H2,(H2,17,19)(H2,18,21)(H,20,22)/t12-/m0/s1. The van der Waals surface area contributed by atoms with Gasteiger partial charge in [-0.2, -0.15) is 0 Å². The van der Waals surface area contributed by atoms with E-state index in [1.165, 1.54) is 0 Å². The molecule has 22 heavy (non-hydrogen) atoms. The molecule has 1 atom stereocenters. The smallest absolute Gasteiger partial charge is 0.251 e. The molecular weight excluding hydrogens is 304 g/mol. The molecule has 0 bridgehead atoms. The average molecular weight is 325 g/mol. The quantitative estimate of drug-likeness (QED) is 0.273. The molecule has 1 aromatic carbocycles. The van der Waals surface area contributed by atoms with Gasteiger partial charge in [0.25, 0.3) is 5.91 Å². The summed E-state index contributed by atoms with van der Waals surface area (Å²) in [5.74, 6) is -0.260. The van der Waals surface area contributed by atoms with Crippen LogP contribution in [0, 0.1) is 0 Å². The van der Waals surface area contributed by atoms with Gasteiger partial charge >= 0.3 is 0 Å². The highest BCUT2D eigenvalue weighted by atomic mass is 35.5. The summed E-state index contributed by atoms with van der Waals surface area (Å²) < 4.78 is 0. The molecule has 0 aliphatic heterocycles. The van der Waals surface area contributed by atoms with E-state index in [1.54, 1.807) is 24.3 Å². The van der Waals surface area contributed by atoms with Gasteiger partial charge in [-0.05, 0) is 31.4 Å². The Morgan fingerprint density at radius 1 is 1.18 bits per heavy atom. The summed E-state index contributed by atoms with van der Waals surface area (Å²) in [5, 5.41) is 2.65. The van der Waals surface area contributed by atoms with Crippen molar-refractivity contribution in [3.8, 4) is 0 Å². The lowest BCUT2D eigenvalue weighted by atomic mass is 10.1. The highest BCUT2D eigenvalue weighted by Crippen LogP contribution is 2.04. The Labute approximate surface area is 134 Å². The molecule has 0 saturated heterocycles. The lowest BCUT2D eigenvalue weighted by Crippen LogP contribution is -2.44. The maximum atomic E-state index is 12.0. The fraction of sp³-hybridized carbons (Fsp3) is 0.400. The van der Waals surface area contributed by atoms with Crippen molar-refractivity contribution >= 4 is 29.3 Å². The number of aliphatic imine (C=N–C) groups is 1. The minimum atomic E-state index is -0.693. The third-order valence-electron chi connectivity index (χ3n) is 3.04. The zero-order valence-electron chi connectivity index (χ0n) is 12.3. The number of hydrogen-bond donors (Lipinski definition) is 3. The molecule has 5 N–H and O–H groups in total. The lowest BCUT2D eigenvalue weighted by molar-refractivity contribution is -0.120. The van der Waals surface area contributed by atoms with Crippen molar-refractivity contribution in [2.24, 2.45) is 16.5 Å². The van der Waals surface area contributed by atoms with Gasteiger partial charge in [0.15, 0.2) is 0 Å². The first-order valence-corrected chi connectivity index (χ1v) is 7.58. The topological polar surface area (TPSA) is 111 Å². The van der Waals surface area contributed by atoms with Crippen LogP contribution < -0.4 is 16.8 Å². The van der Waals surface area contributed by atoms with Crippen LogP contribution in [0.25, 0.3) is 0 Å². The third kappa shape index (κ3) is 6.58. The number of carbonyl (C=O) groups excluding carboxylic acids is 2. The van der Waals surface area contributed by atoms with Gasteiger partial charge in [-0.25, -0.2) is 0 Å². The van der Waals surface area contributed by atoms with E-state index in [-0.39, 0.29) is 11.8 Å². The van der Waals surface area contributed by atoms with E-state index in [2.05, 4.69) is 10.3 Å². The summed E-state index contributed by atoms with van der Waals surface area (Å²) in [4.78, 5) is 27.5. The van der Waals surface area contributed by atoms with Gasteiger partial charge in [0.1, 0.15) is 11.9 Å². The van der Waals surface area contributed by atoms with E-state index in [9.17, 15) is 9.59 Å². The summed E-state index contributed by atoms with van der Waals surface area (Å²) >= 11 is 5.51. The molecule has 6 nitrogen and oxygen atoms in total. The average Bonchev–Trinajstić information content (AvgIpc) is 2.53. The third-order valence-corrected chi connectivity index (χ3v) is 3.31. The lowest BCUT2D eigenvalue weighted by Gasteiger charge is -2.15. The number of halogens is 1. The predicted molar refractivity (Wildman–Crippen MR) is 88.0 cm³/mol. The zero-order valence-corrected chi connectivity index (χ0v) is 13.1. The number of benzene rings is 1. The number of nitrogens with one attached hydrogen (secondary N) is 1. The van der Waals surface area contributed by atoms with E-state index in [0.29, 0.717) is 30.8 Å². The Morgan fingerprint density at radius 3 is 2.45 bits per heavy atom. The van der Waals surface area contributed by atoms with Crippen LogP contribution in [0.1, 0.15) is 29.6 Å². The first-order chi connectivity index (χ1) is 10.5. The van der Waals surface area contributed by atoms with Crippen LogP contribution in [-0.4, -0.2) is 36.1 Å². The van der Waals surface area contributed by atoms with E-state index < -0.39 is 11.9 Å². The van der Waals surface area contributed by atoms with Crippen molar-refractivity contribution in [2.75, 3.05) is 12.4 Å². The zero-order chi connectivity index (χ0) is 16.4.